The lowest BCUT2D eigenvalue weighted by molar-refractivity contribution is 0.0779. The highest BCUT2D eigenvalue weighted by molar-refractivity contribution is 7.86. The standard InChI is InChI=1S/C21H27FN4O4S2/c1-10(2)13-7-12(8-23)16(22)15(11(3)4)17(13)25-20(28)26-32(30)18-14(9-27)24-19(31-18)21(5,6)29/h7,10-11,27,29H,9H2,1-6H3,(H2,25,26,28). The SMILES string of the molecule is CC(C)c1cc(C#N)c(F)c(C(C)C)c1NC(=O)NS(=O)c1sc(C(C)(C)O)nc1CO. The molecule has 2 aromatic rings. The summed E-state index contributed by atoms with van der Waals surface area (Å²) in [5.74, 6) is -1.17. The summed E-state index contributed by atoms with van der Waals surface area (Å²) in [4.78, 5) is 16.8. The monoisotopic (exact) mass is 482 g/mol. The second-order valence-electron chi connectivity index (χ2n) is 8.33. The Labute approximate surface area is 193 Å². The number of halogens is 1. The van der Waals surface area contributed by atoms with Gasteiger partial charge in [0.2, 0.25) is 0 Å². The van der Waals surface area contributed by atoms with Gasteiger partial charge in [-0.25, -0.2) is 18.4 Å². The molecule has 0 aliphatic heterocycles. The van der Waals surface area contributed by atoms with Crippen LogP contribution in [0.15, 0.2) is 10.3 Å². The fraction of sp³-hybridized carbons (Fsp3) is 0.476. The molecule has 1 atom stereocenters. The van der Waals surface area contributed by atoms with Crippen LogP contribution < -0.4 is 10.0 Å². The Balaban J connectivity index is 2.40. The molecular weight excluding hydrogens is 455 g/mol. The first-order valence-electron chi connectivity index (χ1n) is 9.90. The number of urea groups is 1. The maximum absolute atomic E-state index is 14.9. The van der Waals surface area contributed by atoms with Crippen LogP contribution in [0.5, 0.6) is 0 Å². The summed E-state index contributed by atoms with van der Waals surface area (Å²) in [6.07, 6.45) is 0. The summed E-state index contributed by atoms with van der Waals surface area (Å²) in [5.41, 5.74) is -0.343. The van der Waals surface area contributed by atoms with Crippen molar-refractivity contribution in [3.8, 4) is 6.07 Å². The zero-order chi connectivity index (χ0) is 24.4. The molecule has 11 heteroatoms. The molecule has 0 saturated carbocycles. The Kier molecular flexibility index (Phi) is 8.12. The Morgan fingerprint density at radius 2 is 1.97 bits per heavy atom. The van der Waals surface area contributed by atoms with Gasteiger partial charge in [0.05, 0.1) is 23.6 Å². The number of benzene rings is 1. The number of rotatable bonds is 7. The van der Waals surface area contributed by atoms with Gasteiger partial charge in [-0.05, 0) is 37.3 Å². The number of carbonyl (C=O) groups excluding carboxylic acids is 1. The van der Waals surface area contributed by atoms with E-state index in [2.05, 4.69) is 15.0 Å². The number of hydrogen-bond donors (Lipinski definition) is 4. The Bertz CT molecular complexity index is 1080. The first kappa shape index (κ1) is 25.9. The molecule has 0 bridgehead atoms. The summed E-state index contributed by atoms with van der Waals surface area (Å²) in [6.45, 7) is 9.67. The van der Waals surface area contributed by atoms with Gasteiger partial charge in [0.25, 0.3) is 0 Å². The Morgan fingerprint density at radius 3 is 2.44 bits per heavy atom. The minimum absolute atomic E-state index is 0.0842. The number of aliphatic hydroxyl groups is 2. The summed E-state index contributed by atoms with van der Waals surface area (Å²) in [6, 6.07) is 2.40. The highest BCUT2D eigenvalue weighted by atomic mass is 32.2. The third-order valence-corrected chi connectivity index (χ3v) is 7.43. The number of amides is 2. The van der Waals surface area contributed by atoms with E-state index in [1.54, 1.807) is 13.8 Å². The molecule has 8 nitrogen and oxygen atoms in total. The van der Waals surface area contributed by atoms with Crippen LogP contribution in [0.4, 0.5) is 14.9 Å². The van der Waals surface area contributed by atoms with Crippen LogP contribution in [-0.4, -0.2) is 25.4 Å². The van der Waals surface area contributed by atoms with Crippen LogP contribution in [0, 0.1) is 17.1 Å². The number of aromatic nitrogens is 1. The molecule has 4 N–H and O–H groups in total. The number of thiazole rings is 1. The second-order valence-corrected chi connectivity index (χ2v) is 10.7. The van der Waals surface area contributed by atoms with E-state index in [-0.39, 0.29) is 43.6 Å². The van der Waals surface area contributed by atoms with Crippen molar-refractivity contribution in [2.75, 3.05) is 5.32 Å². The van der Waals surface area contributed by atoms with Crippen LogP contribution >= 0.6 is 11.3 Å². The van der Waals surface area contributed by atoms with E-state index in [1.807, 2.05) is 19.9 Å². The van der Waals surface area contributed by atoms with E-state index in [1.165, 1.54) is 19.9 Å². The first-order chi connectivity index (χ1) is 14.8. The smallest absolute Gasteiger partial charge is 0.331 e. The molecule has 1 unspecified atom stereocenters. The fourth-order valence-electron chi connectivity index (χ4n) is 3.03. The predicted octanol–water partition coefficient (Wildman–Crippen LogP) is 3.96. The van der Waals surface area contributed by atoms with E-state index >= 15 is 0 Å². The van der Waals surface area contributed by atoms with Gasteiger partial charge in [-0.15, -0.1) is 11.3 Å². The van der Waals surface area contributed by atoms with E-state index in [4.69, 9.17) is 0 Å². The normalized spacial score (nSPS) is 12.7. The van der Waals surface area contributed by atoms with Gasteiger partial charge in [-0.2, -0.15) is 5.26 Å². The average Bonchev–Trinajstić information content (AvgIpc) is 3.12. The van der Waals surface area contributed by atoms with E-state index in [0.29, 0.717) is 5.56 Å². The van der Waals surface area contributed by atoms with Crippen LogP contribution in [0.25, 0.3) is 0 Å². The number of hydrogen-bond acceptors (Lipinski definition) is 7. The zero-order valence-electron chi connectivity index (χ0n) is 18.7. The summed E-state index contributed by atoms with van der Waals surface area (Å²) in [7, 11) is -2.08. The summed E-state index contributed by atoms with van der Waals surface area (Å²) >= 11 is 0.911. The van der Waals surface area contributed by atoms with Gasteiger partial charge in [-0.1, -0.05) is 27.7 Å². The summed E-state index contributed by atoms with van der Waals surface area (Å²) < 4.78 is 30.0. The van der Waals surface area contributed by atoms with Gasteiger partial charge in [0.1, 0.15) is 26.7 Å². The number of anilines is 1. The van der Waals surface area contributed by atoms with Crippen molar-refractivity contribution in [3.63, 3.8) is 0 Å². The second kappa shape index (κ2) is 10.0. The van der Waals surface area contributed by atoms with Gasteiger partial charge < -0.3 is 15.5 Å². The first-order valence-corrected chi connectivity index (χ1v) is 11.9. The molecule has 32 heavy (non-hydrogen) atoms. The van der Waals surface area contributed by atoms with Gasteiger partial charge >= 0.3 is 6.03 Å². The van der Waals surface area contributed by atoms with Crippen molar-refractivity contribution < 1.29 is 23.6 Å². The lowest BCUT2D eigenvalue weighted by Crippen LogP contribution is -2.31. The Morgan fingerprint density at radius 1 is 1.34 bits per heavy atom. The molecular formula is C21H27FN4O4S2. The van der Waals surface area contributed by atoms with Crippen LogP contribution in [0.3, 0.4) is 0 Å². The van der Waals surface area contributed by atoms with Crippen molar-refractivity contribution in [2.45, 2.75) is 69.8 Å². The number of nitrogens with one attached hydrogen (secondary N) is 2. The third-order valence-electron chi connectivity index (χ3n) is 4.58. The van der Waals surface area contributed by atoms with E-state index in [9.17, 15) is 28.9 Å². The molecule has 0 fully saturated rings. The quantitative estimate of drug-likeness (QED) is 0.472. The van der Waals surface area contributed by atoms with Crippen molar-refractivity contribution in [3.05, 3.63) is 39.3 Å². The van der Waals surface area contributed by atoms with Crippen LogP contribution in [0.2, 0.25) is 0 Å². The maximum atomic E-state index is 14.9. The highest BCUT2D eigenvalue weighted by Crippen LogP contribution is 2.36. The van der Waals surface area contributed by atoms with Crippen LogP contribution in [-0.2, 0) is 23.2 Å². The molecule has 0 spiro atoms. The molecule has 2 rings (SSSR count). The lowest BCUT2D eigenvalue weighted by atomic mass is 9.90. The zero-order valence-corrected chi connectivity index (χ0v) is 20.4. The van der Waals surface area contributed by atoms with Gasteiger partial charge in [0, 0.05) is 5.56 Å². The van der Waals surface area contributed by atoms with Crippen molar-refractivity contribution in [1.29, 1.82) is 5.26 Å². The Hall–Kier alpha value is -2.39. The fourth-order valence-corrected chi connectivity index (χ4v) is 5.14. The van der Waals surface area contributed by atoms with Gasteiger partial charge in [0.15, 0.2) is 11.0 Å². The summed E-state index contributed by atoms with van der Waals surface area (Å²) in [5, 5.41) is 31.8. The van der Waals surface area contributed by atoms with E-state index in [0.717, 1.165) is 11.3 Å². The minimum Gasteiger partial charge on any atom is -0.390 e. The van der Waals surface area contributed by atoms with Crippen LogP contribution in [0.1, 0.15) is 80.8 Å². The molecule has 0 aliphatic rings. The van der Waals surface area contributed by atoms with Crippen molar-refractivity contribution in [2.24, 2.45) is 0 Å². The van der Waals surface area contributed by atoms with Gasteiger partial charge in [-0.3, -0.25) is 4.72 Å². The number of carbonyl (C=O) groups is 1. The molecule has 1 heterocycles. The van der Waals surface area contributed by atoms with Crippen molar-refractivity contribution >= 4 is 34.0 Å². The molecule has 1 aromatic carbocycles. The maximum Gasteiger partial charge on any atom is 0.331 e. The topological polar surface area (TPSA) is 135 Å². The predicted molar refractivity (Wildman–Crippen MR) is 121 cm³/mol. The number of aliphatic hydroxyl groups excluding tert-OH is 1. The third kappa shape index (κ3) is 5.50. The largest absolute Gasteiger partial charge is 0.390 e. The van der Waals surface area contributed by atoms with Crippen molar-refractivity contribution in [1.82, 2.24) is 9.71 Å². The molecule has 1 aromatic heterocycles. The molecule has 0 radical (unpaired) electrons. The average molecular weight is 483 g/mol. The lowest BCUT2D eigenvalue weighted by Gasteiger charge is -2.21. The highest BCUT2D eigenvalue weighted by Gasteiger charge is 2.27. The van der Waals surface area contributed by atoms with E-state index < -0.39 is 35.0 Å². The molecule has 2 amide bonds. The molecule has 0 aliphatic carbocycles. The number of nitriles is 1. The molecule has 174 valence electrons. The minimum atomic E-state index is -2.08. The number of nitrogens with zero attached hydrogens (tertiary/aromatic N) is 2. The molecule has 0 saturated heterocycles.